The number of phenols is 2. The maximum Gasteiger partial charge on any atom is 0.125 e. The highest BCUT2D eigenvalue weighted by Crippen LogP contribution is 2.34. The Balaban J connectivity index is 2.25. The van der Waals surface area contributed by atoms with Crippen LogP contribution in [0.25, 0.3) is 0 Å². The van der Waals surface area contributed by atoms with E-state index < -0.39 is 0 Å². The van der Waals surface area contributed by atoms with E-state index in [0.717, 1.165) is 0 Å². The Hall–Kier alpha value is -2.23. The van der Waals surface area contributed by atoms with Crippen molar-refractivity contribution in [2.45, 2.75) is 13.0 Å². The molecule has 0 spiro atoms. The van der Waals surface area contributed by atoms with Crippen molar-refractivity contribution in [3.63, 3.8) is 0 Å². The molecule has 0 bridgehead atoms. The van der Waals surface area contributed by atoms with Gasteiger partial charge >= 0.3 is 0 Å². The highest BCUT2D eigenvalue weighted by Gasteiger charge is 2.14. The van der Waals surface area contributed by atoms with Crippen LogP contribution in [0.3, 0.4) is 0 Å². The molecule has 2 aromatic carbocycles. The van der Waals surface area contributed by atoms with Crippen molar-refractivity contribution in [2.24, 2.45) is 0 Å². The molecule has 0 saturated carbocycles. The normalized spacial score (nSPS) is 12.1. The average Bonchev–Trinajstić information content (AvgIpc) is 2.28. The minimum atomic E-state index is -0.340. The number of rotatable bonds is 3. The summed E-state index contributed by atoms with van der Waals surface area (Å²) in [7, 11) is 0. The van der Waals surface area contributed by atoms with E-state index in [1.54, 1.807) is 25.1 Å². The monoisotopic (exact) mass is 247 g/mol. The van der Waals surface area contributed by atoms with Crippen molar-refractivity contribution in [3.8, 4) is 11.5 Å². The lowest BCUT2D eigenvalue weighted by atomic mass is 10.1. The number of benzene rings is 2. The van der Waals surface area contributed by atoms with Crippen molar-refractivity contribution in [1.29, 1.82) is 0 Å². The summed E-state index contributed by atoms with van der Waals surface area (Å²) < 4.78 is 13.0. The molecule has 4 heteroatoms. The van der Waals surface area contributed by atoms with E-state index in [4.69, 9.17) is 0 Å². The maximum atomic E-state index is 13.0. The Morgan fingerprint density at radius 2 is 1.67 bits per heavy atom. The van der Waals surface area contributed by atoms with Crippen LogP contribution in [0, 0.1) is 5.82 Å². The molecule has 94 valence electrons. The molecule has 3 N–H and O–H groups in total. The van der Waals surface area contributed by atoms with Crippen LogP contribution in [0.2, 0.25) is 0 Å². The molecule has 0 aliphatic carbocycles. The third-order valence-electron chi connectivity index (χ3n) is 2.70. The van der Waals surface area contributed by atoms with Gasteiger partial charge in [0, 0.05) is 5.69 Å². The van der Waals surface area contributed by atoms with Crippen LogP contribution in [0.15, 0.2) is 42.5 Å². The topological polar surface area (TPSA) is 52.5 Å². The zero-order chi connectivity index (χ0) is 13.1. The van der Waals surface area contributed by atoms with Gasteiger partial charge < -0.3 is 15.5 Å². The fraction of sp³-hybridized carbons (Fsp3) is 0.143. The Kier molecular flexibility index (Phi) is 3.37. The van der Waals surface area contributed by atoms with E-state index in [9.17, 15) is 14.6 Å². The van der Waals surface area contributed by atoms with Gasteiger partial charge in [-0.2, -0.15) is 0 Å². The van der Waals surface area contributed by atoms with Gasteiger partial charge in [-0.15, -0.1) is 0 Å². The van der Waals surface area contributed by atoms with Gasteiger partial charge in [0.05, 0.1) is 11.6 Å². The molecular formula is C14H14FNO2. The molecule has 1 atom stereocenters. The third kappa shape index (κ3) is 2.53. The first-order valence-electron chi connectivity index (χ1n) is 5.61. The number of aromatic hydroxyl groups is 2. The number of hydrogen-bond acceptors (Lipinski definition) is 3. The van der Waals surface area contributed by atoms with Crippen molar-refractivity contribution in [1.82, 2.24) is 0 Å². The standard InChI is InChI=1S/C14H14FNO2/c1-9(14-12(17)6-3-7-13(14)18)16-11-5-2-4-10(15)8-11/h2-9,16-18H,1H3. The molecule has 0 saturated heterocycles. The second-order valence-electron chi connectivity index (χ2n) is 4.09. The van der Waals surface area contributed by atoms with E-state index in [1.807, 2.05) is 0 Å². The van der Waals surface area contributed by atoms with E-state index in [-0.39, 0.29) is 23.4 Å². The van der Waals surface area contributed by atoms with Gasteiger partial charge in [0.15, 0.2) is 0 Å². The maximum absolute atomic E-state index is 13.0. The minimum Gasteiger partial charge on any atom is -0.507 e. The molecule has 0 heterocycles. The molecule has 0 fully saturated rings. The van der Waals surface area contributed by atoms with Gasteiger partial charge in [-0.3, -0.25) is 0 Å². The molecule has 2 aromatic rings. The first-order valence-corrected chi connectivity index (χ1v) is 5.61. The van der Waals surface area contributed by atoms with Gasteiger partial charge in [0.25, 0.3) is 0 Å². The van der Waals surface area contributed by atoms with E-state index in [2.05, 4.69) is 5.32 Å². The largest absolute Gasteiger partial charge is 0.507 e. The Labute approximate surface area is 105 Å². The van der Waals surface area contributed by atoms with Crippen LogP contribution in [0.1, 0.15) is 18.5 Å². The zero-order valence-electron chi connectivity index (χ0n) is 9.89. The van der Waals surface area contributed by atoms with Gasteiger partial charge in [-0.1, -0.05) is 12.1 Å². The molecule has 1 unspecified atom stereocenters. The second kappa shape index (κ2) is 4.96. The van der Waals surface area contributed by atoms with Gasteiger partial charge in [0.2, 0.25) is 0 Å². The zero-order valence-corrected chi connectivity index (χ0v) is 9.89. The van der Waals surface area contributed by atoms with Crippen LogP contribution in [0.5, 0.6) is 11.5 Å². The minimum absolute atomic E-state index is 0.00593. The summed E-state index contributed by atoms with van der Waals surface area (Å²) in [6.07, 6.45) is 0. The summed E-state index contributed by atoms with van der Waals surface area (Å²) in [5, 5.41) is 22.5. The summed E-state index contributed by atoms with van der Waals surface area (Å²) in [6, 6.07) is 10.2. The summed E-state index contributed by atoms with van der Waals surface area (Å²) >= 11 is 0. The number of phenolic OH excluding ortho intramolecular Hbond substituents is 2. The van der Waals surface area contributed by atoms with Gasteiger partial charge in [-0.25, -0.2) is 4.39 Å². The van der Waals surface area contributed by atoms with E-state index >= 15 is 0 Å². The SMILES string of the molecule is CC(Nc1cccc(F)c1)c1c(O)cccc1O. The van der Waals surface area contributed by atoms with Crippen LogP contribution in [-0.2, 0) is 0 Å². The van der Waals surface area contributed by atoms with Crippen molar-refractivity contribution in [2.75, 3.05) is 5.32 Å². The molecule has 3 nitrogen and oxygen atoms in total. The molecule has 2 rings (SSSR count). The summed E-state index contributed by atoms with van der Waals surface area (Å²) in [5.41, 5.74) is 0.979. The van der Waals surface area contributed by atoms with Crippen LogP contribution >= 0.6 is 0 Å². The van der Waals surface area contributed by atoms with Gasteiger partial charge in [-0.05, 0) is 37.3 Å². The quantitative estimate of drug-likeness (QED) is 0.779. The Morgan fingerprint density at radius 3 is 2.28 bits per heavy atom. The number of halogens is 1. The molecule has 0 aliphatic heterocycles. The predicted octanol–water partition coefficient (Wildman–Crippen LogP) is 3.41. The summed E-state index contributed by atoms with van der Waals surface area (Å²) in [6.45, 7) is 1.78. The molecule has 18 heavy (non-hydrogen) atoms. The van der Waals surface area contributed by atoms with E-state index in [1.165, 1.54) is 24.3 Å². The summed E-state index contributed by atoms with van der Waals surface area (Å²) in [4.78, 5) is 0. The second-order valence-corrected chi connectivity index (χ2v) is 4.09. The van der Waals surface area contributed by atoms with Crippen LogP contribution in [0.4, 0.5) is 10.1 Å². The predicted molar refractivity (Wildman–Crippen MR) is 68.2 cm³/mol. The molecule has 0 amide bonds. The summed E-state index contributed by atoms with van der Waals surface area (Å²) in [5.74, 6) is -0.327. The van der Waals surface area contributed by atoms with Crippen molar-refractivity contribution < 1.29 is 14.6 Å². The van der Waals surface area contributed by atoms with Crippen molar-refractivity contribution >= 4 is 5.69 Å². The molecule has 0 radical (unpaired) electrons. The third-order valence-corrected chi connectivity index (χ3v) is 2.70. The van der Waals surface area contributed by atoms with Gasteiger partial charge in [0.1, 0.15) is 17.3 Å². The highest BCUT2D eigenvalue weighted by molar-refractivity contribution is 5.51. The number of nitrogens with one attached hydrogen (secondary N) is 1. The fourth-order valence-corrected chi connectivity index (χ4v) is 1.89. The lowest BCUT2D eigenvalue weighted by Gasteiger charge is -2.18. The van der Waals surface area contributed by atoms with Crippen molar-refractivity contribution in [3.05, 3.63) is 53.8 Å². The Bertz CT molecular complexity index is 537. The number of hydrogen-bond donors (Lipinski definition) is 3. The van der Waals surface area contributed by atoms with Crippen LogP contribution in [-0.4, -0.2) is 10.2 Å². The lowest BCUT2D eigenvalue weighted by molar-refractivity contribution is 0.434. The number of anilines is 1. The average molecular weight is 247 g/mol. The smallest absolute Gasteiger partial charge is 0.125 e. The van der Waals surface area contributed by atoms with Crippen LogP contribution < -0.4 is 5.32 Å². The highest BCUT2D eigenvalue weighted by atomic mass is 19.1. The fourth-order valence-electron chi connectivity index (χ4n) is 1.89. The molecule has 0 aliphatic rings. The molecule has 0 aromatic heterocycles. The first-order chi connectivity index (χ1) is 8.58. The van der Waals surface area contributed by atoms with E-state index in [0.29, 0.717) is 11.3 Å². The molecular weight excluding hydrogens is 233 g/mol. The Morgan fingerprint density at radius 1 is 1.06 bits per heavy atom. The first kappa shape index (κ1) is 12.2. The lowest BCUT2D eigenvalue weighted by Crippen LogP contribution is -2.07.